The topological polar surface area (TPSA) is 21.3 Å². The van der Waals surface area contributed by atoms with Gasteiger partial charge in [-0.15, -0.1) is 6.58 Å². The molecule has 0 radical (unpaired) electrons. The lowest BCUT2D eigenvalue weighted by Crippen LogP contribution is -2.31. The molecule has 0 aromatic carbocycles. The molecule has 0 aromatic heterocycles. The summed E-state index contributed by atoms with van der Waals surface area (Å²) in [6, 6.07) is 0. The Morgan fingerprint density at radius 2 is 2.14 bits per heavy atom. The van der Waals surface area contributed by atoms with E-state index in [1.165, 1.54) is 0 Å². The smallest absolute Gasteiger partial charge is 0.0518 e. The molecule has 0 fully saturated rings. The normalized spacial score (nSPS) is 15.5. The minimum Gasteiger partial charge on any atom is -0.379 e. The van der Waals surface area contributed by atoms with E-state index in [1.54, 1.807) is 0 Å². The monoisotopic (exact) mass is 199 g/mol. The maximum absolute atomic E-state index is 5.54. The second-order valence-corrected chi connectivity index (χ2v) is 4.31. The second kappa shape index (κ2) is 7.02. The van der Waals surface area contributed by atoms with E-state index in [1.807, 2.05) is 6.08 Å². The molecule has 0 bridgehead atoms. The van der Waals surface area contributed by atoms with Gasteiger partial charge < -0.3 is 10.1 Å². The molecule has 0 aliphatic rings. The van der Waals surface area contributed by atoms with Crippen LogP contribution in [-0.4, -0.2) is 25.8 Å². The van der Waals surface area contributed by atoms with E-state index in [-0.39, 0.29) is 5.41 Å². The SMILES string of the molecule is C=CC(C)(CCOC(C)C)CNCC. The molecule has 0 saturated heterocycles. The van der Waals surface area contributed by atoms with Crippen LogP contribution in [0.15, 0.2) is 12.7 Å². The van der Waals surface area contributed by atoms with Crippen LogP contribution in [0.1, 0.15) is 34.1 Å². The zero-order valence-corrected chi connectivity index (χ0v) is 10.1. The molecule has 0 saturated carbocycles. The van der Waals surface area contributed by atoms with Crippen LogP contribution in [0.4, 0.5) is 0 Å². The van der Waals surface area contributed by atoms with Crippen LogP contribution in [0.25, 0.3) is 0 Å². The largest absolute Gasteiger partial charge is 0.379 e. The van der Waals surface area contributed by atoms with E-state index >= 15 is 0 Å². The molecule has 14 heavy (non-hydrogen) atoms. The van der Waals surface area contributed by atoms with Gasteiger partial charge in [-0.2, -0.15) is 0 Å². The second-order valence-electron chi connectivity index (χ2n) is 4.31. The van der Waals surface area contributed by atoms with E-state index < -0.39 is 0 Å². The van der Waals surface area contributed by atoms with E-state index in [0.29, 0.717) is 6.10 Å². The summed E-state index contributed by atoms with van der Waals surface area (Å²) in [5.74, 6) is 0. The van der Waals surface area contributed by atoms with Gasteiger partial charge in [0.2, 0.25) is 0 Å². The highest BCUT2D eigenvalue weighted by Crippen LogP contribution is 2.21. The van der Waals surface area contributed by atoms with Gasteiger partial charge in [-0.05, 0) is 32.2 Å². The minimum absolute atomic E-state index is 0.158. The summed E-state index contributed by atoms with van der Waals surface area (Å²) in [7, 11) is 0. The lowest BCUT2D eigenvalue weighted by molar-refractivity contribution is 0.0618. The summed E-state index contributed by atoms with van der Waals surface area (Å²) < 4.78 is 5.54. The quantitative estimate of drug-likeness (QED) is 0.607. The van der Waals surface area contributed by atoms with Crippen LogP contribution in [0.2, 0.25) is 0 Å². The van der Waals surface area contributed by atoms with Crippen molar-refractivity contribution >= 4 is 0 Å². The van der Waals surface area contributed by atoms with Crippen molar-refractivity contribution in [3.63, 3.8) is 0 Å². The van der Waals surface area contributed by atoms with Crippen molar-refractivity contribution in [2.75, 3.05) is 19.7 Å². The molecule has 1 unspecified atom stereocenters. The molecule has 2 heteroatoms. The number of ether oxygens (including phenoxy) is 1. The van der Waals surface area contributed by atoms with E-state index in [2.05, 4.69) is 39.6 Å². The zero-order chi connectivity index (χ0) is 11.0. The number of hydrogen-bond acceptors (Lipinski definition) is 2. The highest BCUT2D eigenvalue weighted by atomic mass is 16.5. The van der Waals surface area contributed by atoms with Crippen LogP contribution in [0.5, 0.6) is 0 Å². The van der Waals surface area contributed by atoms with Crippen molar-refractivity contribution in [1.82, 2.24) is 5.32 Å². The van der Waals surface area contributed by atoms with Crippen LogP contribution in [-0.2, 0) is 4.74 Å². The Morgan fingerprint density at radius 3 is 2.57 bits per heavy atom. The predicted octanol–water partition coefficient (Wildman–Crippen LogP) is 2.60. The minimum atomic E-state index is 0.158. The lowest BCUT2D eigenvalue weighted by Gasteiger charge is -2.26. The third-order valence-electron chi connectivity index (χ3n) is 2.40. The van der Waals surface area contributed by atoms with Crippen molar-refractivity contribution in [2.45, 2.75) is 40.2 Å². The average Bonchev–Trinajstić information content (AvgIpc) is 2.14. The van der Waals surface area contributed by atoms with E-state index in [9.17, 15) is 0 Å². The molecule has 0 rings (SSSR count). The van der Waals surface area contributed by atoms with Crippen molar-refractivity contribution in [3.8, 4) is 0 Å². The molecule has 1 N–H and O–H groups in total. The Labute approximate surface area is 88.7 Å². The van der Waals surface area contributed by atoms with Gasteiger partial charge in [-0.25, -0.2) is 0 Å². The number of hydrogen-bond donors (Lipinski definition) is 1. The summed E-state index contributed by atoms with van der Waals surface area (Å²) in [5.41, 5.74) is 0.158. The number of nitrogens with one attached hydrogen (secondary N) is 1. The predicted molar refractivity (Wildman–Crippen MR) is 62.6 cm³/mol. The first-order valence-corrected chi connectivity index (χ1v) is 5.50. The van der Waals surface area contributed by atoms with Crippen LogP contribution < -0.4 is 5.32 Å². The molecule has 84 valence electrons. The van der Waals surface area contributed by atoms with Gasteiger partial charge in [0.05, 0.1) is 6.10 Å². The van der Waals surface area contributed by atoms with Gasteiger partial charge in [-0.1, -0.05) is 19.9 Å². The maximum atomic E-state index is 5.54. The molecule has 0 spiro atoms. The summed E-state index contributed by atoms with van der Waals surface area (Å²) in [4.78, 5) is 0. The molecular weight excluding hydrogens is 174 g/mol. The zero-order valence-electron chi connectivity index (χ0n) is 10.1. The van der Waals surface area contributed by atoms with Crippen molar-refractivity contribution in [1.29, 1.82) is 0 Å². The fraction of sp³-hybridized carbons (Fsp3) is 0.833. The number of rotatable bonds is 8. The molecule has 0 aliphatic carbocycles. The van der Waals surface area contributed by atoms with Crippen molar-refractivity contribution < 1.29 is 4.74 Å². The summed E-state index contributed by atoms with van der Waals surface area (Å²) in [6.45, 7) is 15.2. The fourth-order valence-corrected chi connectivity index (χ4v) is 1.20. The van der Waals surface area contributed by atoms with E-state index in [0.717, 1.165) is 26.1 Å². The Balaban J connectivity index is 3.80. The summed E-state index contributed by atoms with van der Waals surface area (Å²) >= 11 is 0. The highest BCUT2D eigenvalue weighted by Gasteiger charge is 2.19. The van der Waals surface area contributed by atoms with Gasteiger partial charge in [-0.3, -0.25) is 0 Å². The van der Waals surface area contributed by atoms with Crippen molar-refractivity contribution in [3.05, 3.63) is 12.7 Å². The third-order valence-corrected chi connectivity index (χ3v) is 2.40. The molecule has 2 nitrogen and oxygen atoms in total. The van der Waals surface area contributed by atoms with Crippen LogP contribution in [0.3, 0.4) is 0 Å². The molecule has 0 heterocycles. The lowest BCUT2D eigenvalue weighted by atomic mass is 9.87. The Kier molecular flexibility index (Phi) is 6.85. The Bertz CT molecular complexity index is 156. The highest BCUT2D eigenvalue weighted by molar-refractivity contribution is 4.92. The molecule has 0 amide bonds. The Morgan fingerprint density at radius 1 is 1.50 bits per heavy atom. The van der Waals surface area contributed by atoms with Crippen LogP contribution >= 0.6 is 0 Å². The summed E-state index contributed by atoms with van der Waals surface area (Å²) in [6.07, 6.45) is 3.38. The van der Waals surface area contributed by atoms with Crippen LogP contribution in [0, 0.1) is 5.41 Å². The fourth-order valence-electron chi connectivity index (χ4n) is 1.20. The Hall–Kier alpha value is -0.340. The first-order chi connectivity index (χ1) is 6.54. The van der Waals surface area contributed by atoms with Gasteiger partial charge >= 0.3 is 0 Å². The van der Waals surface area contributed by atoms with Gasteiger partial charge in [0, 0.05) is 13.2 Å². The molecular formula is C12H25NO. The van der Waals surface area contributed by atoms with Crippen molar-refractivity contribution in [2.24, 2.45) is 5.41 Å². The van der Waals surface area contributed by atoms with Gasteiger partial charge in [0.15, 0.2) is 0 Å². The molecule has 0 aromatic rings. The third kappa shape index (κ3) is 6.17. The average molecular weight is 199 g/mol. The van der Waals surface area contributed by atoms with Gasteiger partial charge in [0.1, 0.15) is 0 Å². The molecule has 0 aliphatic heterocycles. The first kappa shape index (κ1) is 13.7. The van der Waals surface area contributed by atoms with Gasteiger partial charge in [0.25, 0.3) is 0 Å². The van der Waals surface area contributed by atoms with E-state index in [4.69, 9.17) is 4.74 Å². The summed E-state index contributed by atoms with van der Waals surface area (Å²) in [5, 5.41) is 3.35. The molecule has 1 atom stereocenters. The maximum Gasteiger partial charge on any atom is 0.0518 e. The standard InChI is InChI=1S/C12H25NO/c1-6-12(5,10-13-7-2)8-9-14-11(3)4/h6,11,13H,1,7-10H2,2-5H3. The first-order valence-electron chi connectivity index (χ1n) is 5.50.